The minimum atomic E-state index is -0.0910. The molecule has 1 aromatic rings. The number of pyridine rings is 1. The zero-order valence-electron chi connectivity index (χ0n) is 10.5. The third-order valence-corrected chi connectivity index (χ3v) is 2.60. The Bertz CT molecular complexity index is 338. The van der Waals surface area contributed by atoms with Gasteiger partial charge in [-0.25, -0.2) is 0 Å². The zero-order valence-corrected chi connectivity index (χ0v) is 10.5. The number of aromatic nitrogens is 1. The van der Waals surface area contributed by atoms with E-state index in [4.69, 9.17) is 5.73 Å². The number of hydrogen-bond donors (Lipinski definition) is 2. The Morgan fingerprint density at radius 2 is 2.29 bits per heavy atom. The van der Waals surface area contributed by atoms with Gasteiger partial charge in [0.1, 0.15) is 0 Å². The Morgan fingerprint density at radius 3 is 2.82 bits per heavy atom. The molecule has 0 saturated heterocycles. The predicted molar refractivity (Wildman–Crippen MR) is 68.1 cm³/mol. The maximum absolute atomic E-state index is 11.9. The Morgan fingerprint density at radius 1 is 1.53 bits per heavy atom. The van der Waals surface area contributed by atoms with Crippen molar-refractivity contribution in [1.82, 2.24) is 10.3 Å². The minimum Gasteiger partial charge on any atom is -0.352 e. The lowest BCUT2D eigenvalue weighted by molar-refractivity contribution is -0.125. The van der Waals surface area contributed by atoms with Crippen LogP contribution in [0.3, 0.4) is 0 Å². The highest BCUT2D eigenvalue weighted by Gasteiger charge is 2.17. The van der Waals surface area contributed by atoms with Gasteiger partial charge in [0, 0.05) is 25.5 Å². The maximum atomic E-state index is 11.9. The van der Waals surface area contributed by atoms with E-state index in [1.807, 2.05) is 12.1 Å². The van der Waals surface area contributed by atoms with E-state index in [1.54, 1.807) is 12.4 Å². The molecule has 3 N–H and O–H groups in total. The van der Waals surface area contributed by atoms with Crippen molar-refractivity contribution in [1.29, 1.82) is 0 Å². The van der Waals surface area contributed by atoms with Crippen molar-refractivity contribution < 1.29 is 4.79 Å². The van der Waals surface area contributed by atoms with Crippen molar-refractivity contribution in [2.75, 3.05) is 6.54 Å². The molecule has 0 radical (unpaired) electrons. The first-order chi connectivity index (χ1) is 8.13. The van der Waals surface area contributed by atoms with Gasteiger partial charge in [-0.3, -0.25) is 9.78 Å². The Kier molecular flexibility index (Phi) is 5.63. The average molecular weight is 235 g/mol. The van der Waals surface area contributed by atoms with Crippen LogP contribution in [-0.2, 0) is 11.3 Å². The van der Waals surface area contributed by atoms with Gasteiger partial charge in [0.2, 0.25) is 5.91 Å². The molecule has 1 unspecified atom stereocenters. The summed E-state index contributed by atoms with van der Waals surface area (Å²) in [6, 6.07) is 3.79. The molecule has 17 heavy (non-hydrogen) atoms. The van der Waals surface area contributed by atoms with Crippen LogP contribution >= 0.6 is 0 Å². The van der Waals surface area contributed by atoms with Gasteiger partial charge in [0.05, 0.1) is 5.92 Å². The Hall–Kier alpha value is -1.42. The second kappa shape index (κ2) is 7.01. The average Bonchev–Trinajstić information content (AvgIpc) is 2.34. The van der Waals surface area contributed by atoms with Gasteiger partial charge in [-0.1, -0.05) is 19.9 Å². The first kappa shape index (κ1) is 13.6. The van der Waals surface area contributed by atoms with E-state index in [9.17, 15) is 4.79 Å². The number of hydrogen-bond acceptors (Lipinski definition) is 3. The summed E-state index contributed by atoms with van der Waals surface area (Å²) < 4.78 is 0. The first-order valence-electron chi connectivity index (χ1n) is 6.00. The fourth-order valence-corrected chi connectivity index (χ4v) is 1.72. The SMILES string of the molecule is CC(C)CC(CN)C(=O)NCc1cccnc1. The van der Waals surface area contributed by atoms with E-state index in [2.05, 4.69) is 24.1 Å². The van der Waals surface area contributed by atoms with Crippen LogP contribution in [0.2, 0.25) is 0 Å². The molecule has 0 aliphatic rings. The molecule has 94 valence electrons. The number of carbonyl (C=O) groups excluding carboxylic acids is 1. The Labute approximate surface area is 103 Å². The molecule has 1 amide bonds. The maximum Gasteiger partial charge on any atom is 0.224 e. The molecule has 1 heterocycles. The summed E-state index contributed by atoms with van der Waals surface area (Å²) in [5.41, 5.74) is 6.62. The summed E-state index contributed by atoms with van der Waals surface area (Å²) in [6.07, 6.45) is 4.29. The van der Waals surface area contributed by atoms with Crippen molar-refractivity contribution in [2.45, 2.75) is 26.8 Å². The smallest absolute Gasteiger partial charge is 0.224 e. The number of carbonyl (C=O) groups is 1. The number of nitrogens with zero attached hydrogens (tertiary/aromatic N) is 1. The summed E-state index contributed by atoms with van der Waals surface area (Å²) in [6.45, 7) is 5.10. The van der Waals surface area contributed by atoms with E-state index >= 15 is 0 Å². The van der Waals surface area contributed by atoms with Gasteiger partial charge in [0.25, 0.3) is 0 Å². The molecule has 4 heteroatoms. The zero-order chi connectivity index (χ0) is 12.7. The van der Waals surface area contributed by atoms with Crippen LogP contribution in [0.15, 0.2) is 24.5 Å². The van der Waals surface area contributed by atoms with E-state index in [0.717, 1.165) is 12.0 Å². The van der Waals surface area contributed by atoms with Crippen LogP contribution in [-0.4, -0.2) is 17.4 Å². The Balaban J connectivity index is 2.42. The number of nitrogens with one attached hydrogen (secondary N) is 1. The number of rotatable bonds is 6. The van der Waals surface area contributed by atoms with Gasteiger partial charge >= 0.3 is 0 Å². The van der Waals surface area contributed by atoms with Crippen molar-refractivity contribution in [3.8, 4) is 0 Å². The summed E-state index contributed by atoms with van der Waals surface area (Å²) in [7, 11) is 0. The molecular formula is C13H21N3O. The van der Waals surface area contributed by atoms with Crippen LogP contribution in [0.1, 0.15) is 25.8 Å². The molecule has 0 aliphatic carbocycles. The molecule has 0 spiro atoms. The summed E-state index contributed by atoms with van der Waals surface area (Å²) >= 11 is 0. The molecular weight excluding hydrogens is 214 g/mol. The highest BCUT2D eigenvalue weighted by Crippen LogP contribution is 2.10. The van der Waals surface area contributed by atoms with Gasteiger partial charge in [-0.15, -0.1) is 0 Å². The highest BCUT2D eigenvalue weighted by molar-refractivity contribution is 5.78. The number of nitrogens with two attached hydrogens (primary N) is 1. The van der Waals surface area contributed by atoms with Crippen LogP contribution in [0.25, 0.3) is 0 Å². The molecule has 0 aliphatic heterocycles. The lowest BCUT2D eigenvalue weighted by Gasteiger charge is -2.16. The van der Waals surface area contributed by atoms with E-state index in [0.29, 0.717) is 19.0 Å². The summed E-state index contributed by atoms with van der Waals surface area (Å²) in [4.78, 5) is 15.9. The van der Waals surface area contributed by atoms with Crippen molar-refractivity contribution in [2.24, 2.45) is 17.6 Å². The monoisotopic (exact) mass is 235 g/mol. The normalized spacial score (nSPS) is 12.5. The van der Waals surface area contributed by atoms with Crippen LogP contribution in [0.4, 0.5) is 0 Å². The van der Waals surface area contributed by atoms with Crippen molar-refractivity contribution >= 4 is 5.91 Å². The molecule has 0 bridgehead atoms. The van der Waals surface area contributed by atoms with Crippen LogP contribution in [0, 0.1) is 11.8 Å². The fourth-order valence-electron chi connectivity index (χ4n) is 1.72. The summed E-state index contributed by atoms with van der Waals surface area (Å²) in [5, 5.41) is 2.90. The lowest BCUT2D eigenvalue weighted by Crippen LogP contribution is -2.35. The largest absolute Gasteiger partial charge is 0.352 e. The van der Waals surface area contributed by atoms with Gasteiger partial charge in [-0.2, -0.15) is 0 Å². The highest BCUT2D eigenvalue weighted by atomic mass is 16.1. The standard InChI is InChI=1S/C13H21N3O/c1-10(2)6-12(7-14)13(17)16-9-11-4-3-5-15-8-11/h3-5,8,10,12H,6-7,9,14H2,1-2H3,(H,16,17). The minimum absolute atomic E-state index is 0.0325. The topological polar surface area (TPSA) is 68.0 Å². The molecule has 0 aromatic carbocycles. The number of amides is 1. The van der Waals surface area contributed by atoms with E-state index in [-0.39, 0.29) is 11.8 Å². The molecule has 4 nitrogen and oxygen atoms in total. The second-order valence-electron chi connectivity index (χ2n) is 4.64. The van der Waals surface area contributed by atoms with Crippen molar-refractivity contribution in [3.63, 3.8) is 0 Å². The third kappa shape index (κ3) is 4.95. The quantitative estimate of drug-likeness (QED) is 0.781. The van der Waals surface area contributed by atoms with Gasteiger partial charge < -0.3 is 11.1 Å². The van der Waals surface area contributed by atoms with Crippen LogP contribution < -0.4 is 11.1 Å². The second-order valence-corrected chi connectivity index (χ2v) is 4.64. The first-order valence-corrected chi connectivity index (χ1v) is 6.00. The molecule has 0 saturated carbocycles. The van der Waals surface area contributed by atoms with Gasteiger partial charge in [0.15, 0.2) is 0 Å². The van der Waals surface area contributed by atoms with E-state index < -0.39 is 0 Å². The van der Waals surface area contributed by atoms with Crippen LogP contribution in [0.5, 0.6) is 0 Å². The van der Waals surface area contributed by atoms with E-state index in [1.165, 1.54) is 0 Å². The molecule has 0 fully saturated rings. The molecule has 1 aromatic heterocycles. The van der Waals surface area contributed by atoms with Crippen molar-refractivity contribution in [3.05, 3.63) is 30.1 Å². The predicted octanol–water partition coefficient (Wildman–Crippen LogP) is 1.32. The molecule has 1 atom stereocenters. The lowest BCUT2D eigenvalue weighted by atomic mass is 9.96. The summed E-state index contributed by atoms with van der Waals surface area (Å²) in [5.74, 6) is 0.421. The van der Waals surface area contributed by atoms with Gasteiger partial charge in [-0.05, 0) is 24.0 Å². The molecule has 1 rings (SSSR count). The third-order valence-electron chi connectivity index (χ3n) is 2.60. The fraction of sp³-hybridized carbons (Fsp3) is 0.538.